The molecule has 0 aliphatic carbocycles. The van der Waals surface area contributed by atoms with Crippen LogP contribution in [0.2, 0.25) is 0 Å². The summed E-state index contributed by atoms with van der Waals surface area (Å²) in [5, 5.41) is 4.53. The minimum atomic E-state index is -0.522. The van der Waals surface area contributed by atoms with Crippen molar-refractivity contribution in [3.63, 3.8) is 0 Å². The highest BCUT2D eigenvalue weighted by molar-refractivity contribution is 6.65. The Morgan fingerprint density at radius 1 is 0.634 bits per heavy atom. The SMILES string of the molecule is CC1(C)OB(c2cncc3oc4ccc(-c5ccc(-n6c7ccccc7c7ccccc76)cc5)cc4c23)OC1(C)C. The second kappa shape index (κ2) is 8.56. The van der Waals surface area contributed by atoms with E-state index in [9.17, 15) is 0 Å². The van der Waals surface area contributed by atoms with E-state index >= 15 is 0 Å². The lowest BCUT2D eigenvalue weighted by Gasteiger charge is -2.32. The Kier molecular flexibility index (Phi) is 5.10. The number of hydrogen-bond donors (Lipinski definition) is 0. The fourth-order valence-electron chi connectivity index (χ4n) is 6.09. The second-order valence-electron chi connectivity index (χ2n) is 11.9. The van der Waals surface area contributed by atoms with Gasteiger partial charge in [0.05, 0.1) is 28.4 Å². The summed E-state index contributed by atoms with van der Waals surface area (Å²) in [5.41, 5.74) is 7.35. The highest BCUT2D eigenvalue weighted by atomic mass is 16.7. The topological polar surface area (TPSA) is 49.4 Å². The third kappa shape index (κ3) is 3.61. The van der Waals surface area contributed by atoms with Gasteiger partial charge in [-0.2, -0.15) is 0 Å². The van der Waals surface area contributed by atoms with E-state index in [4.69, 9.17) is 13.7 Å². The van der Waals surface area contributed by atoms with Gasteiger partial charge in [-0.15, -0.1) is 0 Å². The van der Waals surface area contributed by atoms with Crippen LogP contribution in [0.15, 0.2) is 108 Å². The lowest BCUT2D eigenvalue weighted by Crippen LogP contribution is -2.41. The molecule has 8 rings (SSSR count). The molecule has 5 nitrogen and oxygen atoms in total. The second-order valence-corrected chi connectivity index (χ2v) is 11.9. The fraction of sp³-hybridized carbons (Fsp3) is 0.171. The van der Waals surface area contributed by atoms with E-state index in [-0.39, 0.29) is 0 Å². The Hall–Kier alpha value is -4.39. The molecular weight excluding hydrogens is 507 g/mol. The van der Waals surface area contributed by atoms with Crippen LogP contribution in [-0.2, 0) is 9.31 Å². The molecule has 3 aromatic heterocycles. The van der Waals surface area contributed by atoms with Gasteiger partial charge in [-0.05, 0) is 75.2 Å². The van der Waals surface area contributed by atoms with Crippen LogP contribution in [-0.4, -0.2) is 27.9 Å². The molecule has 0 atom stereocenters. The molecule has 0 radical (unpaired) electrons. The molecule has 1 saturated heterocycles. The molecule has 0 N–H and O–H groups in total. The van der Waals surface area contributed by atoms with Crippen LogP contribution in [0.1, 0.15) is 27.7 Å². The first-order chi connectivity index (χ1) is 19.8. The highest BCUT2D eigenvalue weighted by Crippen LogP contribution is 2.39. The van der Waals surface area contributed by atoms with Crippen LogP contribution >= 0.6 is 0 Å². The molecule has 0 saturated carbocycles. The molecule has 1 aliphatic rings. The molecule has 0 bridgehead atoms. The maximum atomic E-state index is 6.39. The molecule has 41 heavy (non-hydrogen) atoms. The summed E-state index contributed by atoms with van der Waals surface area (Å²) in [6.07, 6.45) is 3.61. The van der Waals surface area contributed by atoms with E-state index in [2.05, 4.69) is 122 Å². The number of para-hydroxylation sites is 2. The molecular formula is C35H29BN2O3. The van der Waals surface area contributed by atoms with Gasteiger partial charge in [-0.25, -0.2) is 0 Å². The third-order valence-electron chi connectivity index (χ3n) is 8.96. The van der Waals surface area contributed by atoms with Gasteiger partial charge in [0.15, 0.2) is 5.58 Å². The van der Waals surface area contributed by atoms with Crippen LogP contribution in [0.3, 0.4) is 0 Å². The Morgan fingerprint density at radius 3 is 1.90 bits per heavy atom. The zero-order valence-electron chi connectivity index (χ0n) is 23.5. The van der Waals surface area contributed by atoms with Gasteiger partial charge >= 0.3 is 7.12 Å². The zero-order valence-corrected chi connectivity index (χ0v) is 23.5. The summed E-state index contributed by atoms with van der Waals surface area (Å²) in [4.78, 5) is 4.45. The van der Waals surface area contributed by atoms with Crippen molar-refractivity contribution < 1.29 is 13.7 Å². The van der Waals surface area contributed by atoms with E-state index < -0.39 is 18.3 Å². The van der Waals surface area contributed by atoms with Crippen LogP contribution < -0.4 is 5.46 Å². The zero-order chi connectivity index (χ0) is 27.9. The first-order valence-electron chi connectivity index (χ1n) is 14.1. The smallest absolute Gasteiger partial charge is 0.454 e. The van der Waals surface area contributed by atoms with Crippen molar-refractivity contribution in [2.24, 2.45) is 0 Å². The monoisotopic (exact) mass is 536 g/mol. The number of pyridine rings is 1. The lowest BCUT2D eigenvalue weighted by atomic mass is 9.77. The first-order valence-corrected chi connectivity index (χ1v) is 14.1. The normalized spacial score (nSPS) is 16.4. The average molecular weight is 536 g/mol. The number of furan rings is 1. The molecule has 0 spiro atoms. The number of rotatable bonds is 3. The molecule has 6 heteroatoms. The van der Waals surface area contributed by atoms with Crippen molar-refractivity contribution in [3.8, 4) is 16.8 Å². The van der Waals surface area contributed by atoms with Gasteiger partial charge in [-0.1, -0.05) is 54.6 Å². The predicted molar refractivity (Wildman–Crippen MR) is 167 cm³/mol. The Bertz CT molecular complexity index is 2050. The molecule has 7 aromatic rings. The molecule has 1 aliphatic heterocycles. The van der Waals surface area contributed by atoms with Gasteiger partial charge in [0.25, 0.3) is 0 Å². The van der Waals surface area contributed by atoms with E-state index in [1.807, 2.05) is 12.3 Å². The predicted octanol–water partition coefficient (Wildman–Crippen LogP) is 8.04. The van der Waals surface area contributed by atoms with Crippen LogP contribution in [0.5, 0.6) is 0 Å². The van der Waals surface area contributed by atoms with Gasteiger partial charge in [0.2, 0.25) is 0 Å². The average Bonchev–Trinajstić information content (AvgIpc) is 3.59. The summed E-state index contributed by atoms with van der Waals surface area (Å²) in [6.45, 7) is 8.26. The molecule has 0 unspecified atom stereocenters. The van der Waals surface area contributed by atoms with Crippen molar-refractivity contribution in [2.45, 2.75) is 38.9 Å². The van der Waals surface area contributed by atoms with Crippen LogP contribution in [0, 0.1) is 0 Å². The Morgan fingerprint density at radius 2 is 1.24 bits per heavy atom. The largest absolute Gasteiger partial charge is 0.497 e. The van der Waals surface area contributed by atoms with Crippen molar-refractivity contribution in [2.75, 3.05) is 0 Å². The number of hydrogen-bond acceptors (Lipinski definition) is 4. The summed E-state index contributed by atoms with van der Waals surface area (Å²) in [5.74, 6) is 0. The maximum Gasteiger partial charge on any atom is 0.497 e. The lowest BCUT2D eigenvalue weighted by molar-refractivity contribution is 0.00578. The molecule has 200 valence electrons. The molecule has 4 heterocycles. The van der Waals surface area contributed by atoms with E-state index in [0.29, 0.717) is 0 Å². The van der Waals surface area contributed by atoms with Gasteiger partial charge in [0.1, 0.15) is 5.58 Å². The fourth-order valence-corrected chi connectivity index (χ4v) is 6.09. The van der Waals surface area contributed by atoms with Gasteiger partial charge in [-0.3, -0.25) is 4.98 Å². The van der Waals surface area contributed by atoms with E-state index in [1.54, 1.807) is 6.20 Å². The Balaban J connectivity index is 1.23. The van der Waals surface area contributed by atoms with Crippen LogP contribution in [0.25, 0.3) is 60.6 Å². The van der Waals surface area contributed by atoms with Crippen LogP contribution in [0.4, 0.5) is 0 Å². The van der Waals surface area contributed by atoms with Gasteiger partial charge < -0.3 is 18.3 Å². The number of aromatic nitrogens is 2. The molecule has 1 fully saturated rings. The van der Waals surface area contributed by atoms with Gasteiger partial charge in [0, 0.05) is 38.9 Å². The summed E-state index contributed by atoms with van der Waals surface area (Å²) >= 11 is 0. The first kappa shape index (κ1) is 24.4. The summed E-state index contributed by atoms with van der Waals surface area (Å²) in [7, 11) is -0.522. The standard InChI is InChI=1S/C35H29BN2O3/c1-34(2)35(3,4)41-36(40-34)28-20-37-21-32-33(28)27-19-23(15-18-31(27)39-32)22-13-16-24(17-14-22)38-29-11-7-5-9-25(29)26-10-6-8-12-30(26)38/h5-21H,1-4H3. The third-order valence-corrected chi connectivity index (χ3v) is 8.96. The number of benzene rings is 4. The Labute approximate surface area is 238 Å². The van der Waals surface area contributed by atoms with E-state index in [0.717, 1.165) is 44.2 Å². The van der Waals surface area contributed by atoms with Crippen molar-refractivity contribution >= 4 is 56.3 Å². The van der Waals surface area contributed by atoms with E-state index in [1.165, 1.54) is 21.8 Å². The molecule has 4 aromatic carbocycles. The minimum absolute atomic E-state index is 0.442. The molecule has 0 amide bonds. The quantitative estimate of drug-likeness (QED) is 0.215. The maximum absolute atomic E-state index is 6.39. The number of nitrogens with zero attached hydrogens (tertiary/aromatic N) is 2. The number of fused-ring (bicyclic) bond motifs is 6. The highest BCUT2D eigenvalue weighted by Gasteiger charge is 2.52. The summed E-state index contributed by atoms with van der Waals surface area (Å²) < 4.78 is 21.3. The van der Waals surface area contributed by atoms with Crippen molar-refractivity contribution in [1.82, 2.24) is 9.55 Å². The summed E-state index contributed by atoms with van der Waals surface area (Å²) in [6, 6.07) is 32.3. The van der Waals surface area contributed by atoms with Crippen molar-refractivity contribution in [3.05, 3.63) is 103 Å². The minimum Gasteiger partial charge on any atom is -0.454 e. The van der Waals surface area contributed by atoms with Crippen molar-refractivity contribution in [1.29, 1.82) is 0 Å².